The van der Waals surface area contributed by atoms with Gasteiger partial charge in [-0.15, -0.1) is 10.2 Å². The van der Waals surface area contributed by atoms with Gasteiger partial charge in [0.05, 0.1) is 7.11 Å². The van der Waals surface area contributed by atoms with Crippen molar-refractivity contribution in [1.29, 1.82) is 0 Å². The van der Waals surface area contributed by atoms with E-state index in [4.69, 9.17) is 4.74 Å². The molecule has 33 heavy (non-hydrogen) atoms. The first-order valence-electron chi connectivity index (χ1n) is 11.6. The molecule has 8 heteroatoms. The van der Waals surface area contributed by atoms with Gasteiger partial charge < -0.3 is 15.0 Å². The lowest BCUT2D eigenvalue weighted by Gasteiger charge is -2.31. The summed E-state index contributed by atoms with van der Waals surface area (Å²) in [5.41, 5.74) is 1.07. The lowest BCUT2D eigenvalue weighted by Crippen LogP contribution is -2.41. The second kappa shape index (κ2) is 12.1. The number of rotatable bonds is 11. The van der Waals surface area contributed by atoms with Gasteiger partial charge >= 0.3 is 0 Å². The van der Waals surface area contributed by atoms with Crippen molar-refractivity contribution in [3.05, 3.63) is 24.3 Å². The number of carbonyl (C=O) groups excluding carboxylic acids is 2. The van der Waals surface area contributed by atoms with E-state index in [1.807, 2.05) is 36.1 Å². The highest BCUT2D eigenvalue weighted by molar-refractivity contribution is 7.18. The van der Waals surface area contributed by atoms with Crippen LogP contribution in [0.4, 0.5) is 5.13 Å². The van der Waals surface area contributed by atoms with Gasteiger partial charge in [-0.05, 0) is 43.2 Å². The average molecular weight is 475 g/mol. The minimum atomic E-state index is -0.174. The predicted molar refractivity (Wildman–Crippen MR) is 134 cm³/mol. The first-order chi connectivity index (χ1) is 15.5. The third kappa shape index (κ3) is 8.76. The van der Waals surface area contributed by atoms with E-state index in [2.05, 4.69) is 50.1 Å². The Morgan fingerprint density at radius 1 is 1.21 bits per heavy atom. The third-order valence-corrected chi connectivity index (χ3v) is 6.38. The minimum Gasteiger partial charge on any atom is -0.497 e. The van der Waals surface area contributed by atoms with Crippen molar-refractivity contribution in [3.8, 4) is 16.3 Å². The number of benzene rings is 1. The van der Waals surface area contributed by atoms with E-state index < -0.39 is 0 Å². The molecule has 0 aliphatic carbocycles. The summed E-state index contributed by atoms with van der Waals surface area (Å²) in [5, 5.41) is 12.2. The molecular weight excluding hydrogens is 436 g/mol. The average Bonchev–Trinajstić information content (AvgIpc) is 3.20. The number of hydrogen-bond acceptors (Lipinski definition) is 6. The molecule has 2 amide bonds. The maximum atomic E-state index is 13.0. The van der Waals surface area contributed by atoms with Crippen LogP contribution >= 0.6 is 11.3 Å². The van der Waals surface area contributed by atoms with Crippen LogP contribution in [-0.4, -0.2) is 46.6 Å². The van der Waals surface area contributed by atoms with E-state index >= 15 is 0 Å². The number of ether oxygens (including phenoxy) is 1. The van der Waals surface area contributed by atoms with Gasteiger partial charge in [0.25, 0.3) is 0 Å². The molecule has 1 heterocycles. The molecule has 0 saturated carbocycles. The zero-order chi connectivity index (χ0) is 24.6. The number of hydrogen-bond donors (Lipinski definition) is 1. The van der Waals surface area contributed by atoms with Crippen LogP contribution < -0.4 is 10.1 Å². The smallest absolute Gasteiger partial charge is 0.227 e. The molecular formula is C25H38N4O3S. The number of nitrogens with zero attached hydrogens (tertiary/aromatic N) is 3. The summed E-state index contributed by atoms with van der Waals surface area (Å²) in [5.74, 6) is 0.978. The number of amides is 2. The van der Waals surface area contributed by atoms with Crippen LogP contribution in [-0.2, 0) is 9.59 Å². The lowest BCUT2D eigenvalue weighted by molar-refractivity contribution is -0.134. The molecule has 0 radical (unpaired) electrons. The monoisotopic (exact) mass is 474 g/mol. The largest absolute Gasteiger partial charge is 0.497 e. The Bertz CT molecular complexity index is 922. The van der Waals surface area contributed by atoms with E-state index in [1.165, 1.54) is 11.3 Å². The number of anilines is 1. The molecule has 0 spiro atoms. The van der Waals surface area contributed by atoms with Crippen molar-refractivity contribution in [2.75, 3.05) is 19.0 Å². The Balaban J connectivity index is 1.95. The zero-order valence-electron chi connectivity index (χ0n) is 21.0. The molecule has 2 rings (SSSR count). The maximum Gasteiger partial charge on any atom is 0.227 e. The van der Waals surface area contributed by atoms with Crippen LogP contribution in [0.2, 0.25) is 0 Å². The van der Waals surface area contributed by atoms with Crippen molar-refractivity contribution < 1.29 is 14.3 Å². The lowest BCUT2D eigenvalue weighted by atomic mass is 9.84. The highest BCUT2D eigenvalue weighted by Crippen LogP contribution is 2.29. The van der Waals surface area contributed by atoms with Gasteiger partial charge in [0.15, 0.2) is 0 Å². The molecule has 0 saturated heterocycles. The number of carbonyl (C=O) groups is 2. The van der Waals surface area contributed by atoms with Crippen LogP contribution in [0.3, 0.4) is 0 Å². The number of aromatic nitrogens is 2. The maximum absolute atomic E-state index is 13.0. The first-order valence-corrected chi connectivity index (χ1v) is 12.4. The summed E-state index contributed by atoms with van der Waals surface area (Å²) in [6.45, 7) is 13.2. The Kier molecular flexibility index (Phi) is 9.83. The molecule has 2 atom stereocenters. The van der Waals surface area contributed by atoms with Crippen LogP contribution in [0.25, 0.3) is 10.6 Å². The molecule has 2 unspecified atom stereocenters. The molecule has 0 bridgehead atoms. The molecule has 182 valence electrons. The fourth-order valence-electron chi connectivity index (χ4n) is 3.89. The van der Waals surface area contributed by atoms with E-state index in [-0.39, 0.29) is 29.7 Å². The Hall–Kier alpha value is -2.48. The molecule has 1 aromatic carbocycles. The summed E-state index contributed by atoms with van der Waals surface area (Å²) in [4.78, 5) is 27.4. The van der Waals surface area contributed by atoms with Crippen LogP contribution in [0.15, 0.2) is 24.3 Å². The summed E-state index contributed by atoms with van der Waals surface area (Å²) in [6.07, 6.45) is 2.56. The number of nitrogens with one attached hydrogen (secondary N) is 1. The molecule has 0 aliphatic rings. The van der Waals surface area contributed by atoms with Crippen molar-refractivity contribution >= 4 is 28.3 Å². The molecule has 1 aromatic heterocycles. The van der Waals surface area contributed by atoms with Crippen molar-refractivity contribution in [2.45, 2.75) is 73.3 Å². The summed E-state index contributed by atoms with van der Waals surface area (Å²) < 4.78 is 5.25. The van der Waals surface area contributed by atoms with E-state index in [0.29, 0.717) is 29.0 Å². The van der Waals surface area contributed by atoms with Gasteiger partial charge in [0.2, 0.25) is 16.9 Å². The summed E-state index contributed by atoms with van der Waals surface area (Å²) in [6, 6.07) is 7.64. The van der Waals surface area contributed by atoms with Gasteiger partial charge in [-0.3, -0.25) is 9.59 Å². The summed E-state index contributed by atoms with van der Waals surface area (Å²) >= 11 is 1.31. The standard InChI is InChI=1S/C25H38N4O3S/c1-8-18(3)29(22(31)14-17(2)16-25(4,5)6)13-12-21(30)26-24-28-27-23(33-24)19-10-9-11-20(15-19)32-7/h9-11,15,17-18H,8,12-14,16H2,1-7H3,(H,26,28,30). The van der Waals surface area contributed by atoms with Crippen LogP contribution in [0.1, 0.15) is 67.2 Å². The molecule has 1 N–H and O–H groups in total. The molecule has 7 nitrogen and oxygen atoms in total. The molecule has 2 aromatic rings. The highest BCUT2D eigenvalue weighted by atomic mass is 32.1. The van der Waals surface area contributed by atoms with E-state index in [9.17, 15) is 9.59 Å². The van der Waals surface area contributed by atoms with Gasteiger partial charge in [0, 0.05) is 31.0 Å². The second-order valence-electron chi connectivity index (χ2n) is 9.86. The Labute approximate surface area is 201 Å². The molecule has 0 fully saturated rings. The number of methoxy groups -OCH3 is 1. The van der Waals surface area contributed by atoms with Gasteiger partial charge in [-0.25, -0.2) is 0 Å². The SMILES string of the molecule is CCC(C)N(CCC(=O)Nc1nnc(-c2cccc(OC)c2)s1)C(=O)CC(C)CC(C)(C)C. The second-order valence-corrected chi connectivity index (χ2v) is 10.8. The van der Waals surface area contributed by atoms with Crippen LogP contribution in [0.5, 0.6) is 5.75 Å². The minimum absolute atomic E-state index is 0.0910. The van der Waals surface area contributed by atoms with Crippen molar-refractivity contribution in [1.82, 2.24) is 15.1 Å². The Morgan fingerprint density at radius 3 is 2.58 bits per heavy atom. The zero-order valence-corrected chi connectivity index (χ0v) is 21.8. The van der Waals surface area contributed by atoms with Crippen molar-refractivity contribution in [3.63, 3.8) is 0 Å². The first kappa shape index (κ1) is 26.8. The predicted octanol–water partition coefficient (Wildman–Crippen LogP) is 5.63. The van der Waals surface area contributed by atoms with E-state index in [0.717, 1.165) is 24.2 Å². The van der Waals surface area contributed by atoms with Gasteiger partial charge in [-0.2, -0.15) is 0 Å². The third-order valence-electron chi connectivity index (χ3n) is 5.49. The highest BCUT2D eigenvalue weighted by Gasteiger charge is 2.24. The molecule has 0 aliphatic heterocycles. The van der Waals surface area contributed by atoms with Gasteiger partial charge in [0.1, 0.15) is 10.8 Å². The van der Waals surface area contributed by atoms with Crippen molar-refractivity contribution in [2.24, 2.45) is 11.3 Å². The van der Waals surface area contributed by atoms with Gasteiger partial charge in [-0.1, -0.05) is 58.1 Å². The summed E-state index contributed by atoms with van der Waals surface area (Å²) in [7, 11) is 1.61. The van der Waals surface area contributed by atoms with E-state index in [1.54, 1.807) is 7.11 Å². The Morgan fingerprint density at radius 2 is 1.94 bits per heavy atom. The fourth-order valence-corrected chi connectivity index (χ4v) is 4.65. The topological polar surface area (TPSA) is 84.4 Å². The fraction of sp³-hybridized carbons (Fsp3) is 0.600. The normalized spacial score (nSPS) is 13.3. The quantitative estimate of drug-likeness (QED) is 0.456. The van der Waals surface area contributed by atoms with Crippen LogP contribution in [0, 0.1) is 11.3 Å².